The van der Waals surface area contributed by atoms with Gasteiger partial charge in [0.15, 0.2) is 0 Å². The Labute approximate surface area is 78.4 Å². The van der Waals surface area contributed by atoms with Crippen LogP contribution in [0.5, 0.6) is 0 Å². The second-order valence-electron chi connectivity index (χ2n) is 2.12. The van der Waals surface area contributed by atoms with Crippen LogP contribution in [0.2, 0.25) is 0 Å². The van der Waals surface area contributed by atoms with E-state index in [0.717, 1.165) is 9.99 Å². The molecule has 0 N–H and O–H groups in total. The van der Waals surface area contributed by atoms with Crippen molar-refractivity contribution in [1.29, 1.82) is 0 Å². The molecule has 0 aromatic heterocycles. The molecule has 0 atom stereocenters. The molecule has 1 aromatic carbocycles. The number of alkyl halides is 1. The van der Waals surface area contributed by atoms with Gasteiger partial charge in [-0.25, -0.2) is 0 Å². The smallest absolute Gasteiger partial charge is 0.0715 e. The van der Waals surface area contributed by atoms with E-state index < -0.39 is 5.97 Å². The van der Waals surface area contributed by atoms with E-state index in [1.54, 1.807) is 24.3 Å². The molecule has 2 nitrogen and oxygen atoms in total. The number of aromatic carboxylic acids is 1. The highest BCUT2D eigenvalue weighted by Gasteiger charge is 1.92. The van der Waals surface area contributed by atoms with Gasteiger partial charge in [0.2, 0.25) is 0 Å². The van der Waals surface area contributed by atoms with E-state index >= 15 is 0 Å². The van der Waals surface area contributed by atoms with Crippen molar-refractivity contribution in [2.45, 2.75) is 4.43 Å². The summed E-state index contributed by atoms with van der Waals surface area (Å²) in [5.74, 6) is -1.12. The predicted octanol–water partition coefficient (Wildman–Crippen LogP) is 0.985. The first-order valence-electron chi connectivity index (χ1n) is 3.10. The molecule has 0 aliphatic heterocycles. The molecule has 11 heavy (non-hydrogen) atoms. The molecule has 0 fully saturated rings. The Balaban J connectivity index is 2.91. The normalized spacial score (nSPS) is 9.55. The van der Waals surface area contributed by atoms with Crippen molar-refractivity contribution < 1.29 is 9.90 Å². The van der Waals surface area contributed by atoms with Crippen LogP contribution >= 0.6 is 22.6 Å². The zero-order chi connectivity index (χ0) is 8.27. The highest BCUT2D eigenvalue weighted by Crippen LogP contribution is 2.07. The van der Waals surface area contributed by atoms with E-state index in [1.807, 2.05) is 0 Å². The van der Waals surface area contributed by atoms with E-state index in [0.29, 0.717) is 0 Å². The van der Waals surface area contributed by atoms with Gasteiger partial charge in [0.1, 0.15) is 0 Å². The van der Waals surface area contributed by atoms with Crippen molar-refractivity contribution in [3.63, 3.8) is 0 Å². The van der Waals surface area contributed by atoms with Gasteiger partial charge in [0.05, 0.1) is 5.97 Å². The minimum atomic E-state index is -1.12. The second kappa shape index (κ2) is 3.71. The number of halogens is 1. The van der Waals surface area contributed by atoms with Crippen LogP contribution in [0.4, 0.5) is 0 Å². The average Bonchev–Trinajstić information content (AvgIpc) is 2.05. The fraction of sp³-hybridized carbons (Fsp3) is 0.125. The summed E-state index contributed by atoms with van der Waals surface area (Å²) in [6, 6.07) is 6.70. The Morgan fingerprint density at radius 1 is 1.36 bits per heavy atom. The third-order valence-corrected chi connectivity index (χ3v) is 2.22. The zero-order valence-corrected chi connectivity index (χ0v) is 7.87. The SMILES string of the molecule is O=C([O-])c1ccc(CI)cc1. The molecule has 58 valence electrons. The van der Waals surface area contributed by atoms with Crippen molar-refractivity contribution in [1.82, 2.24) is 0 Å². The van der Waals surface area contributed by atoms with Crippen molar-refractivity contribution in [2.24, 2.45) is 0 Å². The van der Waals surface area contributed by atoms with Gasteiger partial charge in [-0.3, -0.25) is 0 Å². The summed E-state index contributed by atoms with van der Waals surface area (Å²) in [5, 5.41) is 10.3. The maximum absolute atomic E-state index is 10.3. The molecular weight excluding hydrogens is 255 g/mol. The van der Waals surface area contributed by atoms with Crippen molar-refractivity contribution in [3.8, 4) is 0 Å². The van der Waals surface area contributed by atoms with Crippen LogP contribution in [0.1, 0.15) is 15.9 Å². The number of carbonyl (C=O) groups is 1. The van der Waals surface area contributed by atoms with Crippen LogP contribution in [-0.2, 0) is 4.43 Å². The van der Waals surface area contributed by atoms with Crippen LogP contribution in [0, 0.1) is 0 Å². The van der Waals surface area contributed by atoms with Crippen molar-refractivity contribution >= 4 is 28.6 Å². The Hall–Kier alpha value is -0.580. The fourth-order valence-electron chi connectivity index (χ4n) is 0.730. The Bertz CT molecular complexity index is 253. The molecule has 0 amide bonds. The lowest BCUT2D eigenvalue weighted by Gasteiger charge is -2.01. The maximum Gasteiger partial charge on any atom is 0.0715 e. The minimum absolute atomic E-state index is 0.235. The molecule has 0 unspecified atom stereocenters. The summed E-state index contributed by atoms with van der Waals surface area (Å²) in [7, 11) is 0. The fourth-order valence-corrected chi connectivity index (χ4v) is 1.24. The molecular formula is C8H6IO2-. The third kappa shape index (κ3) is 2.18. The second-order valence-corrected chi connectivity index (χ2v) is 2.88. The van der Waals surface area contributed by atoms with Crippen LogP contribution in [0.25, 0.3) is 0 Å². The van der Waals surface area contributed by atoms with E-state index in [4.69, 9.17) is 0 Å². The Morgan fingerprint density at radius 2 is 1.91 bits per heavy atom. The monoisotopic (exact) mass is 261 g/mol. The summed E-state index contributed by atoms with van der Waals surface area (Å²) in [5.41, 5.74) is 1.36. The zero-order valence-electron chi connectivity index (χ0n) is 5.71. The Kier molecular flexibility index (Phi) is 2.87. The lowest BCUT2D eigenvalue weighted by atomic mass is 10.2. The van der Waals surface area contributed by atoms with Crippen molar-refractivity contribution in [2.75, 3.05) is 0 Å². The lowest BCUT2D eigenvalue weighted by Crippen LogP contribution is -2.21. The first-order valence-corrected chi connectivity index (χ1v) is 4.63. The number of rotatable bonds is 2. The summed E-state index contributed by atoms with van der Waals surface area (Å²) in [6.07, 6.45) is 0. The molecule has 0 aliphatic rings. The summed E-state index contributed by atoms with van der Waals surface area (Å²) in [4.78, 5) is 10.3. The van der Waals surface area contributed by atoms with Crippen LogP contribution in [0.3, 0.4) is 0 Å². The Morgan fingerprint density at radius 3 is 2.27 bits per heavy atom. The number of carbonyl (C=O) groups excluding carboxylic acids is 1. The van der Waals surface area contributed by atoms with E-state index in [9.17, 15) is 9.90 Å². The first kappa shape index (κ1) is 8.52. The van der Waals surface area contributed by atoms with Crippen molar-refractivity contribution in [3.05, 3.63) is 35.4 Å². The molecule has 3 heteroatoms. The molecule has 1 aromatic rings. The number of hydrogen-bond acceptors (Lipinski definition) is 2. The molecule has 0 aliphatic carbocycles. The van der Waals surface area contributed by atoms with Gasteiger partial charge in [-0.1, -0.05) is 46.9 Å². The maximum atomic E-state index is 10.3. The molecule has 0 radical (unpaired) electrons. The topological polar surface area (TPSA) is 40.1 Å². The molecule has 0 saturated carbocycles. The highest BCUT2D eigenvalue weighted by atomic mass is 127. The molecule has 0 bridgehead atoms. The molecule has 0 heterocycles. The number of carboxylic acids is 1. The molecule has 0 saturated heterocycles. The molecule has 0 spiro atoms. The summed E-state index contributed by atoms with van der Waals surface area (Å²) >= 11 is 2.22. The quantitative estimate of drug-likeness (QED) is 0.588. The highest BCUT2D eigenvalue weighted by molar-refractivity contribution is 14.1. The third-order valence-electron chi connectivity index (χ3n) is 1.34. The van der Waals surface area contributed by atoms with Gasteiger partial charge in [-0.15, -0.1) is 0 Å². The van der Waals surface area contributed by atoms with Gasteiger partial charge in [-0.2, -0.15) is 0 Å². The largest absolute Gasteiger partial charge is 0.545 e. The van der Waals surface area contributed by atoms with E-state index in [2.05, 4.69) is 22.6 Å². The number of carboxylic acid groups (broad SMARTS) is 1. The summed E-state index contributed by atoms with van der Waals surface area (Å²) < 4.78 is 0.894. The number of hydrogen-bond donors (Lipinski definition) is 0. The van der Waals surface area contributed by atoms with Crippen LogP contribution in [0.15, 0.2) is 24.3 Å². The van der Waals surface area contributed by atoms with E-state index in [-0.39, 0.29) is 5.56 Å². The van der Waals surface area contributed by atoms with E-state index in [1.165, 1.54) is 0 Å². The summed E-state index contributed by atoms with van der Waals surface area (Å²) in [6.45, 7) is 0. The lowest BCUT2D eigenvalue weighted by molar-refractivity contribution is -0.255. The van der Waals surface area contributed by atoms with Gasteiger partial charge >= 0.3 is 0 Å². The minimum Gasteiger partial charge on any atom is -0.545 e. The van der Waals surface area contributed by atoms with Gasteiger partial charge < -0.3 is 9.90 Å². The van der Waals surface area contributed by atoms with Gasteiger partial charge in [0.25, 0.3) is 0 Å². The predicted molar refractivity (Wildman–Crippen MR) is 48.5 cm³/mol. The van der Waals surface area contributed by atoms with Crippen LogP contribution < -0.4 is 5.11 Å². The van der Waals surface area contributed by atoms with Crippen LogP contribution in [-0.4, -0.2) is 5.97 Å². The average molecular weight is 261 g/mol. The number of benzene rings is 1. The standard InChI is InChI=1S/C8H7IO2/c9-5-6-1-3-7(4-2-6)8(10)11/h1-4H,5H2,(H,10,11)/p-1. The first-order chi connectivity index (χ1) is 5.24. The van der Waals surface area contributed by atoms with Gasteiger partial charge in [0, 0.05) is 4.43 Å². The van der Waals surface area contributed by atoms with Gasteiger partial charge in [-0.05, 0) is 11.1 Å². The molecule has 1 rings (SSSR count).